The van der Waals surface area contributed by atoms with Crippen LogP contribution in [0.1, 0.15) is 24.0 Å². The Bertz CT molecular complexity index is 535. The number of hydrogen-bond donors (Lipinski definition) is 1. The van der Waals surface area contributed by atoms with E-state index < -0.39 is 10.0 Å². The SMILES string of the molecule is Cc1ccc(S(=O)(=O)N(C)CC2CC2)cc1CO. The maximum Gasteiger partial charge on any atom is 0.242 e. The first kappa shape index (κ1) is 13.5. The predicted octanol–water partition coefficient (Wildman–Crippen LogP) is 1.52. The van der Waals surface area contributed by atoms with Crippen LogP contribution in [0.3, 0.4) is 0 Å². The van der Waals surface area contributed by atoms with E-state index in [4.69, 9.17) is 0 Å². The average Bonchev–Trinajstić information content (AvgIpc) is 3.13. The van der Waals surface area contributed by atoms with E-state index in [0.29, 0.717) is 18.0 Å². The third-order valence-electron chi connectivity index (χ3n) is 3.41. The first-order valence-electron chi connectivity index (χ1n) is 6.12. The third kappa shape index (κ3) is 2.74. The Balaban J connectivity index is 2.27. The average molecular weight is 269 g/mol. The van der Waals surface area contributed by atoms with Crippen LogP contribution in [-0.2, 0) is 16.6 Å². The Labute approximate surface area is 108 Å². The molecule has 1 N–H and O–H groups in total. The van der Waals surface area contributed by atoms with Gasteiger partial charge in [0.1, 0.15) is 0 Å². The lowest BCUT2D eigenvalue weighted by Crippen LogP contribution is -2.29. The number of hydrogen-bond acceptors (Lipinski definition) is 3. The number of rotatable bonds is 5. The molecule has 5 heteroatoms. The van der Waals surface area contributed by atoms with Gasteiger partial charge in [-0.2, -0.15) is 0 Å². The van der Waals surface area contributed by atoms with E-state index in [1.807, 2.05) is 6.92 Å². The van der Waals surface area contributed by atoms with Gasteiger partial charge in [-0.05, 0) is 48.9 Å². The summed E-state index contributed by atoms with van der Waals surface area (Å²) in [6, 6.07) is 4.91. The molecule has 0 aliphatic heterocycles. The van der Waals surface area contributed by atoms with Gasteiger partial charge < -0.3 is 5.11 Å². The van der Waals surface area contributed by atoms with Gasteiger partial charge in [-0.3, -0.25) is 0 Å². The molecule has 0 heterocycles. The molecular formula is C13H19NO3S. The highest BCUT2D eigenvalue weighted by molar-refractivity contribution is 7.89. The monoisotopic (exact) mass is 269 g/mol. The van der Waals surface area contributed by atoms with Gasteiger partial charge >= 0.3 is 0 Å². The van der Waals surface area contributed by atoms with E-state index in [1.165, 1.54) is 4.31 Å². The number of aliphatic hydroxyl groups excluding tert-OH is 1. The summed E-state index contributed by atoms with van der Waals surface area (Å²) in [6.45, 7) is 2.31. The number of nitrogens with zero attached hydrogens (tertiary/aromatic N) is 1. The van der Waals surface area contributed by atoms with Crippen molar-refractivity contribution < 1.29 is 13.5 Å². The van der Waals surface area contributed by atoms with Crippen LogP contribution in [0, 0.1) is 12.8 Å². The highest BCUT2D eigenvalue weighted by Crippen LogP contribution is 2.31. The van der Waals surface area contributed by atoms with E-state index >= 15 is 0 Å². The molecule has 0 spiro atoms. The zero-order chi connectivity index (χ0) is 13.3. The summed E-state index contributed by atoms with van der Waals surface area (Å²) < 4.78 is 26.1. The van der Waals surface area contributed by atoms with Gasteiger partial charge in [0.25, 0.3) is 0 Å². The van der Waals surface area contributed by atoms with Gasteiger partial charge in [-0.1, -0.05) is 6.07 Å². The van der Waals surface area contributed by atoms with Crippen molar-refractivity contribution in [3.63, 3.8) is 0 Å². The molecule has 0 bridgehead atoms. The van der Waals surface area contributed by atoms with Crippen molar-refractivity contribution in [1.29, 1.82) is 0 Å². The van der Waals surface area contributed by atoms with Crippen LogP contribution in [-0.4, -0.2) is 31.4 Å². The highest BCUT2D eigenvalue weighted by Gasteiger charge is 2.29. The van der Waals surface area contributed by atoms with Crippen molar-refractivity contribution in [2.24, 2.45) is 5.92 Å². The molecule has 1 aromatic carbocycles. The molecule has 2 rings (SSSR count). The fraction of sp³-hybridized carbons (Fsp3) is 0.538. The van der Waals surface area contributed by atoms with E-state index in [2.05, 4.69) is 0 Å². The Morgan fingerprint density at radius 1 is 1.39 bits per heavy atom. The van der Waals surface area contributed by atoms with Gasteiger partial charge in [-0.15, -0.1) is 0 Å². The lowest BCUT2D eigenvalue weighted by molar-refractivity contribution is 0.280. The molecule has 100 valence electrons. The van der Waals surface area contributed by atoms with Crippen molar-refractivity contribution in [3.8, 4) is 0 Å². The molecule has 0 radical (unpaired) electrons. The molecule has 18 heavy (non-hydrogen) atoms. The highest BCUT2D eigenvalue weighted by atomic mass is 32.2. The van der Waals surface area contributed by atoms with Crippen LogP contribution in [0.2, 0.25) is 0 Å². The number of aliphatic hydroxyl groups is 1. The lowest BCUT2D eigenvalue weighted by atomic mass is 10.1. The minimum Gasteiger partial charge on any atom is -0.392 e. The maximum atomic E-state index is 12.3. The van der Waals surface area contributed by atoms with Crippen molar-refractivity contribution in [2.45, 2.75) is 31.3 Å². The minimum atomic E-state index is -3.42. The zero-order valence-electron chi connectivity index (χ0n) is 10.8. The van der Waals surface area contributed by atoms with Crippen LogP contribution in [0.25, 0.3) is 0 Å². The summed E-state index contributed by atoms with van der Waals surface area (Å²) in [4.78, 5) is 0.264. The molecule has 4 nitrogen and oxygen atoms in total. The molecule has 1 aromatic rings. The van der Waals surface area contributed by atoms with Crippen molar-refractivity contribution in [1.82, 2.24) is 4.31 Å². The molecule has 0 unspecified atom stereocenters. The predicted molar refractivity (Wildman–Crippen MR) is 69.6 cm³/mol. The molecule has 1 aliphatic rings. The normalized spacial score (nSPS) is 16.2. The van der Waals surface area contributed by atoms with Gasteiger partial charge in [-0.25, -0.2) is 12.7 Å². The van der Waals surface area contributed by atoms with Crippen molar-refractivity contribution in [3.05, 3.63) is 29.3 Å². The summed E-state index contributed by atoms with van der Waals surface area (Å²) >= 11 is 0. The first-order valence-corrected chi connectivity index (χ1v) is 7.56. The van der Waals surface area contributed by atoms with Gasteiger partial charge in [0, 0.05) is 13.6 Å². The molecule has 1 saturated carbocycles. The number of benzene rings is 1. The second-order valence-electron chi connectivity index (χ2n) is 4.98. The van der Waals surface area contributed by atoms with Crippen LogP contribution < -0.4 is 0 Å². The quantitative estimate of drug-likeness (QED) is 0.881. The summed E-state index contributed by atoms with van der Waals surface area (Å²) in [5, 5.41) is 9.19. The molecular weight excluding hydrogens is 250 g/mol. The van der Waals surface area contributed by atoms with Crippen molar-refractivity contribution >= 4 is 10.0 Å². The van der Waals surface area contributed by atoms with E-state index in [0.717, 1.165) is 18.4 Å². The third-order valence-corrected chi connectivity index (χ3v) is 5.23. The van der Waals surface area contributed by atoms with Crippen LogP contribution in [0.5, 0.6) is 0 Å². The van der Waals surface area contributed by atoms with Crippen LogP contribution in [0.4, 0.5) is 0 Å². The summed E-state index contributed by atoms with van der Waals surface area (Å²) in [5.74, 6) is 0.521. The van der Waals surface area contributed by atoms with Gasteiger partial charge in [0.2, 0.25) is 10.0 Å². The molecule has 0 amide bonds. The topological polar surface area (TPSA) is 57.6 Å². The Morgan fingerprint density at radius 3 is 2.61 bits per heavy atom. The zero-order valence-corrected chi connectivity index (χ0v) is 11.6. The van der Waals surface area contributed by atoms with Gasteiger partial charge in [0.05, 0.1) is 11.5 Å². The van der Waals surface area contributed by atoms with Crippen LogP contribution in [0.15, 0.2) is 23.1 Å². The lowest BCUT2D eigenvalue weighted by Gasteiger charge is -2.17. The molecule has 0 atom stereocenters. The van der Waals surface area contributed by atoms with E-state index in [1.54, 1.807) is 25.2 Å². The Hall–Kier alpha value is -0.910. The molecule has 0 saturated heterocycles. The van der Waals surface area contributed by atoms with Gasteiger partial charge in [0.15, 0.2) is 0 Å². The first-order chi connectivity index (χ1) is 8.45. The summed E-state index contributed by atoms with van der Waals surface area (Å²) in [7, 11) is -1.80. The summed E-state index contributed by atoms with van der Waals surface area (Å²) in [6.07, 6.45) is 2.24. The number of aryl methyl sites for hydroxylation is 1. The number of sulfonamides is 1. The Morgan fingerprint density at radius 2 is 2.06 bits per heavy atom. The van der Waals surface area contributed by atoms with Crippen molar-refractivity contribution in [2.75, 3.05) is 13.6 Å². The van der Waals surface area contributed by atoms with E-state index in [9.17, 15) is 13.5 Å². The minimum absolute atomic E-state index is 0.137. The fourth-order valence-corrected chi connectivity index (χ4v) is 3.22. The van der Waals surface area contributed by atoms with E-state index in [-0.39, 0.29) is 11.5 Å². The maximum absolute atomic E-state index is 12.3. The Kier molecular flexibility index (Phi) is 3.75. The molecule has 1 aliphatic carbocycles. The second kappa shape index (κ2) is 4.99. The largest absolute Gasteiger partial charge is 0.392 e. The molecule has 1 fully saturated rings. The fourth-order valence-electron chi connectivity index (χ4n) is 1.92. The molecule has 0 aromatic heterocycles. The summed E-state index contributed by atoms with van der Waals surface area (Å²) in [5.41, 5.74) is 1.57. The van der Waals surface area contributed by atoms with Crippen LogP contribution >= 0.6 is 0 Å². The standard InChI is InChI=1S/C13H19NO3S/c1-10-3-6-13(7-12(10)9-15)18(16,17)14(2)8-11-4-5-11/h3,6-7,11,15H,4-5,8-9H2,1-2H3. The smallest absolute Gasteiger partial charge is 0.242 e. The second-order valence-corrected chi connectivity index (χ2v) is 7.02.